The van der Waals surface area contributed by atoms with Crippen LogP contribution >= 0.6 is 0 Å². The van der Waals surface area contributed by atoms with Crippen LogP contribution in [0.4, 0.5) is 27.6 Å². The Balaban J connectivity index is 1.41. The van der Waals surface area contributed by atoms with E-state index in [-0.39, 0.29) is 18.2 Å². The minimum absolute atomic E-state index is 0.0113. The van der Waals surface area contributed by atoms with Crippen LogP contribution in [0.15, 0.2) is 48.5 Å². The second-order valence-electron chi connectivity index (χ2n) is 7.20. The number of hydrogen-bond acceptors (Lipinski definition) is 4. The normalized spacial score (nSPS) is 15.8. The van der Waals surface area contributed by atoms with Gasteiger partial charge in [-0.05, 0) is 42.0 Å². The third-order valence-electron chi connectivity index (χ3n) is 4.88. The number of benzene rings is 2. The molecule has 0 radical (unpaired) electrons. The maximum atomic E-state index is 12.6. The van der Waals surface area contributed by atoms with Crippen molar-refractivity contribution >= 4 is 11.6 Å². The topological polar surface area (TPSA) is 44.8 Å². The first kappa shape index (κ1) is 23.0. The molecule has 5 nitrogen and oxygen atoms in total. The molecular formula is C21H22F5N3O2. The number of carbonyl (C=O) groups excluding carboxylic acids is 1. The summed E-state index contributed by atoms with van der Waals surface area (Å²) in [7, 11) is 0. The quantitative estimate of drug-likeness (QED) is 0.656. The summed E-state index contributed by atoms with van der Waals surface area (Å²) in [5.74, 6) is -0.212. The number of alkyl halides is 5. The van der Waals surface area contributed by atoms with Crippen LogP contribution in [0.5, 0.6) is 5.75 Å². The number of rotatable bonds is 7. The van der Waals surface area contributed by atoms with Crippen molar-refractivity contribution in [1.29, 1.82) is 0 Å². The molecule has 0 unspecified atom stereocenters. The van der Waals surface area contributed by atoms with Crippen LogP contribution in [0.3, 0.4) is 0 Å². The first-order chi connectivity index (χ1) is 14.7. The van der Waals surface area contributed by atoms with Crippen LogP contribution in [0.25, 0.3) is 0 Å². The van der Waals surface area contributed by atoms with Crippen molar-refractivity contribution in [2.45, 2.75) is 19.3 Å². The van der Waals surface area contributed by atoms with Gasteiger partial charge in [-0.15, -0.1) is 0 Å². The minimum Gasteiger partial charge on any atom is -0.435 e. The smallest absolute Gasteiger partial charge is 0.416 e. The molecule has 2 aromatic rings. The summed E-state index contributed by atoms with van der Waals surface area (Å²) in [6.45, 7) is 0.499. The predicted octanol–water partition coefficient (Wildman–Crippen LogP) is 4.06. The van der Waals surface area contributed by atoms with E-state index in [1.54, 1.807) is 0 Å². The molecule has 0 spiro atoms. The fraction of sp³-hybridized carbons (Fsp3) is 0.381. The lowest BCUT2D eigenvalue weighted by molar-refractivity contribution is -0.137. The number of hydrogen-bond donors (Lipinski definition) is 1. The van der Waals surface area contributed by atoms with Crippen LogP contribution in [0.2, 0.25) is 0 Å². The monoisotopic (exact) mass is 443 g/mol. The van der Waals surface area contributed by atoms with Crippen molar-refractivity contribution in [1.82, 2.24) is 9.80 Å². The third kappa shape index (κ3) is 7.18. The Morgan fingerprint density at radius 1 is 0.935 bits per heavy atom. The molecule has 1 heterocycles. The van der Waals surface area contributed by atoms with Crippen LogP contribution in [0, 0.1) is 0 Å². The average Bonchev–Trinajstić information content (AvgIpc) is 2.70. The van der Waals surface area contributed by atoms with E-state index in [0.717, 1.165) is 17.7 Å². The molecular weight excluding hydrogens is 421 g/mol. The number of nitrogens with zero attached hydrogens (tertiary/aromatic N) is 2. The number of anilines is 1. The molecule has 1 N–H and O–H groups in total. The van der Waals surface area contributed by atoms with Gasteiger partial charge in [0.25, 0.3) is 0 Å². The summed E-state index contributed by atoms with van der Waals surface area (Å²) in [6.07, 6.45) is -4.34. The number of nitrogens with one attached hydrogen (secondary N) is 1. The lowest BCUT2D eigenvalue weighted by Crippen LogP contribution is -2.48. The van der Waals surface area contributed by atoms with Gasteiger partial charge in [0.15, 0.2) is 0 Å². The fourth-order valence-corrected chi connectivity index (χ4v) is 3.29. The van der Waals surface area contributed by atoms with Gasteiger partial charge in [0.1, 0.15) is 5.75 Å². The summed E-state index contributed by atoms with van der Waals surface area (Å²) in [5.41, 5.74) is 0.620. The fourth-order valence-electron chi connectivity index (χ4n) is 3.29. The van der Waals surface area contributed by atoms with Gasteiger partial charge in [-0.1, -0.05) is 12.1 Å². The van der Waals surface area contributed by atoms with Gasteiger partial charge in [-0.3, -0.25) is 14.6 Å². The Morgan fingerprint density at radius 3 is 2.06 bits per heavy atom. The maximum Gasteiger partial charge on any atom is 0.416 e. The minimum atomic E-state index is -4.34. The van der Waals surface area contributed by atoms with E-state index in [4.69, 9.17) is 0 Å². The lowest BCUT2D eigenvalue weighted by Gasteiger charge is -2.34. The summed E-state index contributed by atoms with van der Waals surface area (Å²) < 4.78 is 66.5. The molecule has 1 amide bonds. The molecule has 2 aromatic carbocycles. The Kier molecular flexibility index (Phi) is 7.45. The van der Waals surface area contributed by atoms with Crippen molar-refractivity contribution in [2.24, 2.45) is 0 Å². The van der Waals surface area contributed by atoms with Gasteiger partial charge in [-0.2, -0.15) is 22.0 Å². The SMILES string of the molecule is O=C(CN1CCN(Cc2ccc(C(F)(F)F)cc2)CC1)Nc1ccc(OC(F)F)cc1. The van der Waals surface area contributed by atoms with Gasteiger partial charge in [0, 0.05) is 38.4 Å². The van der Waals surface area contributed by atoms with Crippen molar-refractivity contribution in [2.75, 3.05) is 38.0 Å². The van der Waals surface area contributed by atoms with E-state index >= 15 is 0 Å². The van der Waals surface area contributed by atoms with Gasteiger partial charge < -0.3 is 10.1 Å². The molecule has 1 aliphatic rings. The van der Waals surface area contributed by atoms with Crippen molar-refractivity contribution < 1.29 is 31.5 Å². The molecule has 1 saturated heterocycles. The van der Waals surface area contributed by atoms with Gasteiger partial charge >= 0.3 is 12.8 Å². The van der Waals surface area contributed by atoms with Crippen molar-refractivity contribution in [3.63, 3.8) is 0 Å². The highest BCUT2D eigenvalue weighted by Crippen LogP contribution is 2.29. The summed E-state index contributed by atoms with van der Waals surface area (Å²) >= 11 is 0. The molecule has 0 atom stereocenters. The van der Waals surface area contributed by atoms with E-state index in [1.165, 1.54) is 36.4 Å². The third-order valence-corrected chi connectivity index (χ3v) is 4.88. The van der Waals surface area contributed by atoms with E-state index < -0.39 is 18.4 Å². The zero-order chi connectivity index (χ0) is 22.4. The van der Waals surface area contributed by atoms with Crippen molar-refractivity contribution in [3.8, 4) is 5.75 Å². The number of piperazine rings is 1. The molecule has 3 rings (SSSR count). The summed E-state index contributed by atoms with van der Waals surface area (Å²) in [6, 6.07) is 10.8. The standard InChI is InChI=1S/C21H22F5N3O2/c22-20(23)31-18-7-5-17(6-8-18)27-19(30)14-29-11-9-28(10-12-29)13-15-1-3-16(4-2-15)21(24,25)26/h1-8,20H,9-14H2,(H,27,30). The molecule has 168 valence electrons. The van der Waals surface area contributed by atoms with Crippen LogP contribution in [-0.4, -0.2) is 55.0 Å². The largest absolute Gasteiger partial charge is 0.435 e. The van der Waals surface area contributed by atoms with Crippen LogP contribution < -0.4 is 10.1 Å². The molecule has 0 saturated carbocycles. The number of halogens is 5. The van der Waals surface area contributed by atoms with E-state index in [0.29, 0.717) is 38.4 Å². The Labute approximate surface area is 176 Å². The highest BCUT2D eigenvalue weighted by molar-refractivity contribution is 5.92. The first-order valence-corrected chi connectivity index (χ1v) is 9.64. The Hall–Kier alpha value is -2.72. The average molecular weight is 443 g/mol. The molecule has 0 aliphatic carbocycles. The molecule has 31 heavy (non-hydrogen) atoms. The van der Waals surface area contributed by atoms with E-state index in [9.17, 15) is 26.7 Å². The summed E-state index contributed by atoms with van der Waals surface area (Å²) in [4.78, 5) is 16.3. The van der Waals surface area contributed by atoms with Crippen LogP contribution in [-0.2, 0) is 17.5 Å². The van der Waals surface area contributed by atoms with Gasteiger partial charge in [0.05, 0.1) is 12.1 Å². The van der Waals surface area contributed by atoms with E-state index in [1.807, 2.05) is 4.90 Å². The number of amides is 1. The molecule has 0 aromatic heterocycles. The molecule has 1 fully saturated rings. The van der Waals surface area contributed by atoms with E-state index in [2.05, 4.69) is 15.0 Å². The predicted molar refractivity (Wildman–Crippen MR) is 105 cm³/mol. The zero-order valence-electron chi connectivity index (χ0n) is 16.5. The summed E-state index contributed by atoms with van der Waals surface area (Å²) in [5, 5.41) is 2.71. The Morgan fingerprint density at radius 2 is 1.52 bits per heavy atom. The number of ether oxygens (including phenoxy) is 1. The lowest BCUT2D eigenvalue weighted by atomic mass is 10.1. The molecule has 0 bridgehead atoms. The highest BCUT2D eigenvalue weighted by Gasteiger charge is 2.30. The van der Waals surface area contributed by atoms with Crippen molar-refractivity contribution in [3.05, 3.63) is 59.7 Å². The maximum absolute atomic E-state index is 12.6. The molecule has 1 aliphatic heterocycles. The van der Waals surface area contributed by atoms with Crippen LogP contribution in [0.1, 0.15) is 11.1 Å². The highest BCUT2D eigenvalue weighted by atomic mass is 19.4. The van der Waals surface area contributed by atoms with Gasteiger partial charge in [0.2, 0.25) is 5.91 Å². The van der Waals surface area contributed by atoms with Gasteiger partial charge in [-0.25, -0.2) is 0 Å². The second-order valence-corrected chi connectivity index (χ2v) is 7.20. The number of carbonyl (C=O) groups is 1. The molecule has 10 heteroatoms. The zero-order valence-corrected chi connectivity index (χ0v) is 16.5. The first-order valence-electron chi connectivity index (χ1n) is 9.64. The second kappa shape index (κ2) is 10.1. The Bertz CT molecular complexity index is 849.